The number of anilines is 1. The van der Waals surface area contributed by atoms with Crippen LogP contribution in [-0.2, 0) is 17.6 Å². The van der Waals surface area contributed by atoms with Crippen LogP contribution in [0.5, 0.6) is 0 Å². The minimum absolute atomic E-state index is 0.0843. The fourth-order valence-corrected chi connectivity index (χ4v) is 3.56. The van der Waals surface area contributed by atoms with Crippen molar-refractivity contribution in [3.8, 4) is 0 Å². The number of nitrogens with zero attached hydrogens (tertiary/aromatic N) is 1. The van der Waals surface area contributed by atoms with Crippen molar-refractivity contribution in [1.82, 2.24) is 5.32 Å². The van der Waals surface area contributed by atoms with E-state index in [-0.39, 0.29) is 11.9 Å². The van der Waals surface area contributed by atoms with E-state index in [2.05, 4.69) is 28.8 Å². The third kappa shape index (κ3) is 3.02. The lowest BCUT2D eigenvalue weighted by Gasteiger charge is -2.30. The zero-order chi connectivity index (χ0) is 16.5. The van der Waals surface area contributed by atoms with Crippen LogP contribution < -0.4 is 10.6 Å². The van der Waals surface area contributed by atoms with Crippen molar-refractivity contribution in [3.05, 3.63) is 64.2 Å². The summed E-state index contributed by atoms with van der Waals surface area (Å²) >= 11 is 5.87. The van der Waals surface area contributed by atoms with E-state index in [9.17, 15) is 4.79 Å². The van der Waals surface area contributed by atoms with Gasteiger partial charge in [-0.15, -0.1) is 0 Å². The maximum atomic E-state index is 12.3. The lowest BCUT2D eigenvalue weighted by Crippen LogP contribution is -2.39. The van der Waals surface area contributed by atoms with E-state index in [0.29, 0.717) is 17.4 Å². The normalized spacial score (nSPS) is 18.2. The Morgan fingerprint density at radius 3 is 2.92 bits per heavy atom. The molecule has 0 bridgehead atoms. The van der Waals surface area contributed by atoms with Gasteiger partial charge < -0.3 is 5.32 Å². The summed E-state index contributed by atoms with van der Waals surface area (Å²) in [6.07, 6.45) is 3.57. The number of halogens is 1. The molecule has 1 aliphatic carbocycles. The molecule has 24 heavy (non-hydrogen) atoms. The quantitative estimate of drug-likeness (QED) is 0.873. The number of amides is 1. The molecule has 0 saturated carbocycles. The number of benzene rings is 2. The van der Waals surface area contributed by atoms with Gasteiger partial charge in [0.25, 0.3) is 0 Å². The van der Waals surface area contributed by atoms with Crippen LogP contribution in [0.25, 0.3) is 0 Å². The van der Waals surface area contributed by atoms with Crippen LogP contribution in [0.3, 0.4) is 0 Å². The molecule has 122 valence electrons. The molecule has 1 unspecified atom stereocenters. The highest BCUT2D eigenvalue weighted by atomic mass is 35.5. The molecular formula is C19H18ClN3O. The molecular weight excluding hydrogens is 322 g/mol. The number of guanidine groups is 1. The van der Waals surface area contributed by atoms with Gasteiger partial charge in [0.2, 0.25) is 11.9 Å². The van der Waals surface area contributed by atoms with E-state index in [1.54, 1.807) is 12.1 Å². The number of carbonyl (C=O) groups is 1. The van der Waals surface area contributed by atoms with Crippen molar-refractivity contribution in [2.45, 2.75) is 31.7 Å². The standard InChI is InChI=1S/C19H18ClN3O/c20-14-9-7-12(8-10-14)11-17(24)23-19-21-15-5-1-3-13-4-2-6-16(22-19)18(13)15/h1,3,5,7-10,16H,2,4,6,11H2,(H2,21,22,23,24). The lowest BCUT2D eigenvalue weighted by molar-refractivity contribution is -0.119. The molecule has 4 nitrogen and oxygen atoms in total. The predicted octanol–water partition coefficient (Wildman–Crippen LogP) is 3.86. The smallest absolute Gasteiger partial charge is 0.231 e. The third-order valence-electron chi connectivity index (χ3n) is 4.53. The Balaban J connectivity index is 1.49. The number of rotatable bonds is 2. The number of aryl methyl sites for hydroxylation is 1. The van der Waals surface area contributed by atoms with Gasteiger partial charge in [-0.1, -0.05) is 35.9 Å². The molecule has 1 aliphatic heterocycles. The van der Waals surface area contributed by atoms with Gasteiger partial charge in [-0.05, 0) is 48.6 Å². The molecule has 1 amide bonds. The highest BCUT2D eigenvalue weighted by molar-refractivity contribution is 6.30. The fraction of sp³-hybridized carbons (Fsp3) is 0.263. The Morgan fingerprint density at radius 1 is 1.25 bits per heavy atom. The summed E-state index contributed by atoms with van der Waals surface area (Å²) < 4.78 is 0. The molecule has 0 radical (unpaired) electrons. The predicted molar refractivity (Wildman–Crippen MR) is 96.5 cm³/mol. The molecule has 0 saturated heterocycles. The minimum Gasteiger partial charge on any atom is -0.326 e. The Bertz CT molecular complexity index is 814. The first-order valence-corrected chi connectivity index (χ1v) is 8.58. The van der Waals surface area contributed by atoms with Gasteiger partial charge >= 0.3 is 0 Å². The van der Waals surface area contributed by atoms with Crippen LogP contribution >= 0.6 is 11.6 Å². The molecule has 2 N–H and O–H groups in total. The van der Waals surface area contributed by atoms with Gasteiger partial charge in [-0.2, -0.15) is 0 Å². The zero-order valence-corrected chi connectivity index (χ0v) is 13.9. The van der Waals surface area contributed by atoms with E-state index < -0.39 is 0 Å². The Kier molecular flexibility index (Phi) is 3.98. The van der Waals surface area contributed by atoms with E-state index >= 15 is 0 Å². The summed E-state index contributed by atoms with van der Waals surface area (Å²) in [4.78, 5) is 17.0. The maximum Gasteiger partial charge on any atom is 0.231 e. The second-order valence-corrected chi connectivity index (χ2v) is 6.68. The highest BCUT2D eigenvalue weighted by Gasteiger charge is 2.27. The first-order valence-electron chi connectivity index (χ1n) is 8.20. The number of carbonyl (C=O) groups excluding carboxylic acids is 1. The molecule has 2 aromatic rings. The SMILES string of the molecule is O=C(Cc1ccc(Cl)cc1)NC1=NC2CCCc3cccc(c32)N1. The van der Waals surface area contributed by atoms with Crippen LogP contribution in [0.4, 0.5) is 5.69 Å². The maximum absolute atomic E-state index is 12.3. The van der Waals surface area contributed by atoms with Gasteiger partial charge in [0, 0.05) is 16.3 Å². The van der Waals surface area contributed by atoms with Crippen molar-refractivity contribution in [1.29, 1.82) is 0 Å². The number of hydrogen-bond acceptors (Lipinski definition) is 3. The van der Waals surface area contributed by atoms with Gasteiger partial charge in [-0.25, -0.2) is 4.99 Å². The van der Waals surface area contributed by atoms with Crippen LogP contribution in [-0.4, -0.2) is 11.9 Å². The number of hydrogen-bond donors (Lipinski definition) is 2. The Labute approximate surface area is 145 Å². The second-order valence-electron chi connectivity index (χ2n) is 6.24. The number of nitrogens with one attached hydrogen (secondary N) is 2. The highest BCUT2D eigenvalue weighted by Crippen LogP contribution is 2.39. The molecule has 1 heterocycles. The average Bonchev–Trinajstić information content (AvgIpc) is 2.57. The fourth-order valence-electron chi connectivity index (χ4n) is 3.44. The lowest BCUT2D eigenvalue weighted by atomic mass is 9.86. The van der Waals surface area contributed by atoms with Crippen molar-refractivity contribution in [3.63, 3.8) is 0 Å². The first-order chi connectivity index (χ1) is 11.7. The monoisotopic (exact) mass is 339 g/mol. The van der Waals surface area contributed by atoms with Gasteiger partial charge in [0.15, 0.2) is 0 Å². The molecule has 2 aliphatic rings. The van der Waals surface area contributed by atoms with Crippen LogP contribution in [0.1, 0.15) is 35.6 Å². The minimum atomic E-state index is -0.0843. The van der Waals surface area contributed by atoms with Crippen LogP contribution in [0, 0.1) is 0 Å². The Morgan fingerprint density at radius 2 is 2.08 bits per heavy atom. The van der Waals surface area contributed by atoms with Crippen LogP contribution in [0.2, 0.25) is 5.02 Å². The van der Waals surface area contributed by atoms with E-state index in [1.807, 2.05) is 12.1 Å². The summed E-state index contributed by atoms with van der Waals surface area (Å²) in [5, 5.41) is 6.83. The molecule has 5 heteroatoms. The summed E-state index contributed by atoms with van der Waals surface area (Å²) in [6, 6.07) is 13.7. The van der Waals surface area contributed by atoms with Crippen molar-refractivity contribution >= 4 is 29.2 Å². The Hall–Kier alpha value is -2.33. The van der Waals surface area contributed by atoms with E-state index in [4.69, 9.17) is 16.6 Å². The first kappa shape index (κ1) is 15.2. The molecule has 4 rings (SSSR count). The summed E-state index contributed by atoms with van der Waals surface area (Å²) in [5.74, 6) is 0.463. The number of aliphatic imine (C=N–C) groups is 1. The van der Waals surface area contributed by atoms with Gasteiger partial charge in [-0.3, -0.25) is 10.1 Å². The zero-order valence-electron chi connectivity index (χ0n) is 13.2. The molecule has 1 atom stereocenters. The summed E-state index contributed by atoms with van der Waals surface area (Å²) in [6.45, 7) is 0. The van der Waals surface area contributed by atoms with Crippen LogP contribution in [0.15, 0.2) is 47.5 Å². The third-order valence-corrected chi connectivity index (χ3v) is 4.78. The second kappa shape index (κ2) is 6.29. The average molecular weight is 340 g/mol. The van der Waals surface area contributed by atoms with Gasteiger partial charge in [0.1, 0.15) is 0 Å². The largest absolute Gasteiger partial charge is 0.326 e. The summed E-state index contributed by atoms with van der Waals surface area (Å²) in [7, 11) is 0. The van der Waals surface area contributed by atoms with Gasteiger partial charge in [0.05, 0.1) is 12.5 Å². The molecule has 0 fully saturated rings. The van der Waals surface area contributed by atoms with E-state index in [1.165, 1.54) is 11.1 Å². The van der Waals surface area contributed by atoms with Crippen molar-refractivity contribution in [2.24, 2.45) is 4.99 Å². The topological polar surface area (TPSA) is 53.5 Å². The molecule has 0 spiro atoms. The summed E-state index contributed by atoms with van der Waals surface area (Å²) in [5.41, 5.74) is 4.65. The molecule has 2 aromatic carbocycles. The van der Waals surface area contributed by atoms with Crippen molar-refractivity contribution < 1.29 is 4.79 Å². The van der Waals surface area contributed by atoms with Crippen molar-refractivity contribution in [2.75, 3.05) is 5.32 Å². The van der Waals surface area contributed by atoms with E-state index in [0.717, 1.165) is 30.5 Å². The molecule has 0 aromatic heterocycles.